The third-order valence-electron chi connectivity index (χ3n) is 3.07. The van der Waals surface area contributed by atoms with Crippen LogP contribution in [0.1, 0.15) is 25.8 Å². The van der Waals surface area contributed by atoms with E-state index in [2.05, 4.69) is 41.7 Å². The van der Waals surface area contributed by atoms with Crippen LogP contribution < -0.4 is 10.6 Å². The number of hydrogen-bond donors (Lipinski definition) is 2. The molecule has 0 bridgehead atoms. The zero-order valence-corrected chi connectivity index (χ0v) is 12.7. The van der Waals surface area contributed by atoms with Gasteiger partial charge in [-0.3, -0.25) is 4.68 Å². The van der Waals surface area contributed by atoms with Crippen LogP contribution in [0.4, 0.5) is 5.69 Å². The van der Waals surface area contributed by atoms with Crippen molar-refractivity contribution in [1.29, 1.82) is 0 Å². The lowest BCUT2D eigenvalue weighted by Gasteiger charge is -2.14. The standard InChI is InChI=1S/C15H20N4S/c1-3-12(2)17-15(20)18-14-9-16-19(11-14)10-13-7-5-4-6-8-13/h4-9,11-12H,3,10H2,1-2H3,(H2,17,18,20). The van der Waals surface area contributed by atoms with Crippen LogP contribution in [0.3, 0.4) is 0 Å². The predicted molar refractivity (Wildman–Crippen MR) is 86.9 cm³/mol. The summed E-state index contributed by atoms with van der Waals surface area (Å²) in [5.41, 5.74) is 2.13. The summed E-state index contributed by atoms with van der Waals surface area (Å²) in [6.07, 6.45) is 4.78. The first-order chi connectivity index (χ1) is 9.67. The van der Waals surface area contributed by atoms with E-state index < -0.39 is 0 Å². The Morgan fingerprint density at radius 3 is 2.80 bits per heavy atom. The van der Waals surface area contributed by atoms with Crippen molar-refractivity contribution in [1.82, 2.24) is 15.1 Å². The van der Waals surface area contributed by atoms with Crippen LogP contribution in [0.15, 0.2) is 42.7 Å². The number of rotatable bonds is 5. The molecule has 0 saturated carbocycles. The van der Waals surface area contributed by atoms with E-state index in [0.29, 0.717) is 11.2 Å². The molecule has 1 unspecified atom stereocenters. The lowest BCUT2D eigenvalue weighted by atomic mass is 10.2. The Hall–Kier alpha value is -1.88. The summed E-state index contributed by atoms with van der Waals surface area (Å²) >= 11 is 5.26. The minimum absolute atomic E-state index is 0.370. The van der Waals surface area contributed by atoms with Crippen LogP contribution in [-0.2, 0) is 6.54 Å². The topological polar surface area (TPSA) is 41.9 Å². The highest BCUT2D eigenvalue weighted by Crippen LogP contribution is 2.08. The van der Waals surface area contributed by atoms with E-state index in [1.165, 1.54) is 5.56 Å². The third-order valence-corrected chi connectivity index (χ3v) is 3.29. The lowest BCUT2D eigenvalue weighted by Crippen LogP contribution is -2.35. The number of thiocarbonyl (C=S) groups is 1. The fraction of sp³-hybridized carbons (Fsp3) is 0.333. The van der Waals surface area contributed by atoms with Gasteiger partial charge in [0, 0.05) is 12.2 Å². The Kier molecular flexibility index (Phi) is 5.12. The van der Waals surface area contributed by atoms with E-state index in [4.69, 9.17) is 12.2 Å². The monoisotopic (exact) mass is 288 g/mol. The highest BCUT2D eigenvalue weighted by Gasteiger charge is 2.04. The van der Waals surface area contributed by atoms with Gasteiger partial charge in [-0.1, -0.05) is 37.3 Å². The molecule has 1 aromatic carbocycles. The van der Waals surface area contributed by atoms with Crippen molar-refractivity contribution in [2.75, 3.05) is 5.32 Å². The van der Waals surface area contributed by atoms with E-state index in [-0.39, 0.29) is 0 Å². The summed E-state index contributed by atoms with van der Waals surface area (Å²) in [6, 6.07) is 10.6. The number of benzene rings is 1. The molecule has 1 aromatic heterocycles. The number of aromatic nitrogens is 2. The van der Waals surface area contributed by atoms with Gasteiger partial charge < -0.3 is 10.6 Å². The summed E-state index contributed by atoms with van der Waals surface area (Å²) in [6.45, 7) is 4.99. The summed E-state index contributed by atoms with van der Waals surface area (Å²) in [4.78, 5) is 0. The summed E-state index contributed by atoms with van der Waals surface area (Å²) in [5, 5.41) is 11.3. The van der Waals surface area contributed by atoms with Crippen LogP contribution in [-0.4, -0.2) is 20.9 Å². The fourth-order valence-electron chi connectivity index (χ4n) is 1.78. The average molecular weight is 288 g/mol. The fourth-order valence-corrected chi connectivity index (χ4v) is 2.10. The van der Waals surface area contributed by atoms with E-state index in [0.717, 1.165) is 18.7 Å². The molecule has 0 amide bonds. The van der Waals surface area contributed by atoms with Crippen molar-refractivity contribution in [3.63, 3.8) is 0 Å². The molecule has 0 radical (unpaired) electrons. The van der Waals surface area contributed by atoms with Gasteiger partial charge in [0.05, 0.1) is 18.4 Å². The molecule has 2 rings (SSSR count). The van der Waals surface area contributed by atoms with Gasteiger partial charge in [0.15, 0.2) is 5.11 Å². The molecule has 1 heterocycles. The van der Waals surface area contributed by atoms with Crippen molar-refractivity contribution in [3.05, 3.63) is 48.3 Å². The maximum Gasteiger partial charge on any atom is 0.171 e. The Morgan fingerprint density at radius 1 is 1.35 bits per heavy atom. The van der Waals surface area contributed by atoms with Crippen molar-refractivity contribution in [3.8, 4) is 0 Å². The van der Waals surface area contributed by atoms with E-state index in [1.807, 2.05) is 29.1 Å². The van der Waals surface area contributed by atoms with Crippen molar-refractivity contribution >= 4 is 23.0 Å². The molecule has 0 aliphatic rings. The Labute approximate surface area is 125 Å². The quantitative estimate of drug-likeness (QED) is 0.830. The largest absolute Gasteiger partial charge is 0.360 e. The molecule has 0 spiro atoms. The van der Waals surface area contributed by atoms with Crippen molar-refractivity contribution < 1.29 is 0 Å². The Balaban J connectivity index is 1.91. The van der Waals surface area contributed by atoms with Crippen molar-refractivity contribution in [2.45, 2.75) is 32.9 Å². The molecule has 4 nitrogen and oxygen atoms in total. The predicted octanol–water partition coefficient (Wildman–Crippen LogP) is 3.02. The van der Waals surface area contributed by atoms with Crippen LogP contribution in [0.2, 0.25) is 0 Å². The highest BCUT2D eigenvalue weighted by molar-refractivity contribution is 7.80. The molecule has 0 aliphatic carbocycles. The second-order valence-electron chi connectivity index (χ2n) is 4.82. The molecule has 0 fully saturated rings. The van der Waals surface area contributed by atoms with Gasteiger partial charge in [-0.2, -0.15) is 5.10 Å². The maximum absolute atomic E-state index is 5.26. The average Bonchev–Trinajstić information content (AvgIpc) is 2.86. The smallest absolute Gasteiger partial charge is 0.171 e. The summed E-state index contributed by atoms with van der Waals surface area (Å²) in [7, 11) is 0. The van der Waals surface area contributed by atoms with Gasteiger partial charge in [0.25, 0.3) is 0 Å². The molecule has 2 N–H and O–H groups in total. The number of nitrogens with one attached hydrogen (secondary N) is 2. The van der Waals surface area contributed by atoms with Crippen LogP contribution in [0.5, 0.6) is 0 Å². The van der Waals surface area contributed by atoms with Gasteiger partial charge in [0.1, 0.15) is 0 Å². The van der Waals surface area contributed by atoms with E-state index in [9.17, 15) is 0 Å². The van der Waals surface area contributed by atoms with Crippen LogP contribution >= 0.6 is 12.2 Å². The van der Waals surface area contributed by atoms with Gasteiger partial charge >= 0.3 is 0 Å². The lowest BCUT2D eigenvalue weighted by molar-refractivity contribution is 0.646. The van der Waals surface area contributed by atoms with E-state index in [1.54, 1.807) is 6.20 Å². The zero-order chi connectivity index (χ0) is 14.4. The number of anilines is 1. The van der Waals surface area contributed by atoms with Crippen LogP contribution in [0.25, 0.3) is 0 Å². The van der Waals surface area contributed by atoms with Crippen LogP contribution in [0, 0.1) is 0 Å². The summed E-state index contributed by atoms with van der Waals surface area (Å²) < 4.78 is 1.89. The van der Waals surface area contributed by atoms with Gasteiger partial charge in [-0.25, -0.2) is 0 Å². The molecule has 0 aliphatic heterocycles. The highest BCUT2D eigenvalue weighted by atomic mass is 32.1. The molecular formula is C15H20N4S. The first-order valence-corrected chi connectivity index (χ1v) is 7.22. The molecule has 106 valence electrons. The molecule has 0 saturated heterocycles. The normalized spacial score (nSPS) is 11.9. The second-order valence-corrected chi connectivity index (χ2v) is 5.23. The third kappa shape index (κ3) is 4.35. The van der Waals surface area contributed by atoms with E-state index >= 15 is 0 Å². The first-order valence-electron chi connectivity index (χ1n) is 6.81. The van der Waals surface area contributed by atoms with Gasteiger partial charge in [0.2, 0.25) is 0 Å². The Bertz CT molecular complexity index is 550. The van der Waals surface area contributed by atoms with Crippen molar-refractivity contribution in [2.24, 2.45) is 0 Å². The minimum atomic E-state index is 0.370. The molecular weight excluding hydrogens is 268 g/mol. The second kappa shape index (κ2) is 7.05. The molecule has 2 aromatic rings. The Morgan fingerprint density at radius 2 is 2.10 bits per heavy atom. The molecule has 20 heavy (non-hydrogen) atoms. The molecule has 5 heteroatoms. The van der Waals surface area contributed by atoms with Gasteiger partial charge in [-0.05, 0) is 31.1 Å². The van der Waals surface area contributed by atoms with Gasteiger partial charge in [-0.15, -0.1) is 0 Å². The maximum atomic E-state index is 5.26. The zero-order valence-electron chi connectivity index (χ0n) is 11.8. The first kappa shape index (κ1) is 14.5. The SMILES string of the molecule is CCC(C)NC(=S)Nc1cnn(Cc2ccccc2)c1. The minimum Gasteiger partial charge on any atom is -0.360 e. The number of nitrogens with zero attached hydrogens (tertiary/aromatic N) is 2. The number of hydrogen-bond acceptors (Lipinski definition) is 2. The summed E-state index contributed by atoms with van der Waals surface area (Å²) in [5.74, 6) is 0. The molecule has 1 atom stereocenters.